The Morgan fingerprint density at radius 2 is 1.70 bits per heavy atom. The SMILES string of the molecule is C=CCCCCCC(=O)N1CCCC1C(=O)NC1(C(=O)NSC2CC2)CC1.CCC(=O)O.CCc1ccccc1CC.CNc1ncc(C)s1. The Bertz CT molecular complexity index is 1340. The van der Waals surface area contributed by atoms with Crippen LogP contribution in [-0.4, -0.2) is 69.1 Å². The van der Waals surface area contributed by atoms with E-state index in [4.69, 9.17) is 5.11 Å². The molecule has 50 heavy (non-hydrogen) atoms. The third-order valence-corrected chi connectivity index (χ3v) is 10.6. The summed E-state index contributed by atoms with van der Waals surface area (Å²) in [6.45, 7) is 12.4. The molecule has 2 saturated carbocycles. The first-order valence-corrected chi connectivity index (χ1v) is 19.8. The number of anilines is 1. The van der Waals surface area contributed by atoms with Crippen LogP contribution in [0.4, 0.5) is 5.13 Å². The molecule has 1 aromatic heterocycles. The van der Waals surface area contributed by atoms with Crippen molar-refractivity contribution in [2.75, 3.05) is 18.9 Å². The fraction of sp³-hybridized carbons (Fsp3) is 0.605. The highest BCUT2D eigenvalue weighted by Gasteiger charge is 2.53. The summed E-state index contributed by atoms with van der Waals surface area (Å²) in [7, 11) is 1.87. The fourth-order valence-corrected chi connectivity index (χ4v) is 6.67. The van der Waals surface area contributed by atoms with Crippen LogP contribution in [0.25, 0.3) is 0 Å². The van der Waals surface area contributed by atoms with Crippen molar-refractivity contribution in [3.05, 3.63) is 59.1 Å². The van der Waals surface area contributed by atoms with E-state index in [2.05, 4.69) is 65.0 Å². The van der Waals surface area contributed by atoms with Gasteiger partial charge in [0.25, 0.3) is 5.91 Å². The number of likely N-dealkylation sites (tertiary alicyclic amines) is 1. The second kappa shape index (κ2) is 23.2. The van der Waals surface area contributed by atoms with Gasteiger partial charge in [-0.2, -0.15) is 0 Å². The largest absolute Gasteiger partial charge is 0.481 e. The molecule has 3 aliphatic rings. The number of nitrogens with zero attached hydrogens (tertiary/aromatic N) is 2. The van der Waals surface area contributed by atoms with Crippen LogP contribution < -0.4 is 15.4 Å². The number of aliphatic carboxylic acids is 1. The van der Waals surface area contributed by atoms with Gasteiger partial charge >= 0.3 is 5.97 Å². The van der Waals surface area contributed by atoms with E-state index in [0.717, 1.165) is 62.9 Å². The summed E-state index contributed by atoms with van der Waals surface area (Å²) in [5.41, 5.74) is 2.23. The number of hydrogen-bond acceptors (Lipinski definition) is 8. The summed E-state index contributed by atoms with van der Waals surface area (Å²) in [6, 6.07) is 8.21. The lowest BCUT2D eigenvalue weighted by atomic mass is 10.0. The van der Waals surface area contributed by atoms with Crippen LogP contribution in [-0.2, 0) is 32.0 Å². The molecule has 1 unspecified atom stereocenters. The number of unbranched alkanes of at least 4 members (excludes halogenated alkanes) is 3. The Labute approximate surface area is 307 Å². The van der Waals surface area contributed by atoms with Gasteiger partial charge in [0.15, 0.2) is 5.13 Å². The average Bonchev–Trinajstić information content (AvgIpc) is 4.02. The third-order valence-electron chi connectivity index (χ3n) is 8.58. The van der Waals surface area contributed by atoms with Crippen LogP contribution in [0.1, 0.15) is 114 Å². The number of rotatable bonds is 15. The molecule has 1 atom stereocenters. The van der Waals surface area contributed by atoms with Gasteiger partial charge in [0, 0.05) is 42.8 Å². The normalized spacial score (nSPS) is 16.6. The third kappa shape index (κ3) is 15.7. The number of carbonyl (C=O) groups excluding carboxylic acids is 3. The van der Waals surface area contributed by atoms with Crippen molar-refractivity contribution in [2.24, 2.45) is 0 Å². The van der Waals surface area contributed by atoms with Gasteiger partial charge in [0.1, 0.15) is 11.6 Å². The lowest BCUT2D eigenvalue weighted by Gasteiger charge is -2.26. The molecule has 2 heterocycles. The lowest BCUT2D eigenvalue weighted by molar-refractivity contribution is -0.139. The zero-order valence-corrected chi connectivity index (χ0v) is 32.4. The standard InChI is InChI=1S/C20H31N3O3S.C10H14.C5H8N2S.C3H6O2/c1-2-3-4-5-6-9-17(24)23-14-7-8-16(23)18(25)21-20(12-13-20)19(26)22-27-15-10-11-15;1-3-9-7-5-6-8-10(9)4-2;1-4-3-7-5(6-2)8-4;1-2-3(4)5/h2,15-16H,1,3-14H2,(H,21,25)(H,22,26);5-8H,3-4H2,1-2H3;3H,1-2H3,(H,6,7);2H2,1H3,(H,4,5). The number of benzene rings is 1. The number of carbonyl (C=O) groups is 4. The molecule has 12 heteroatoms. The Balaban J connectivity index is 0.000000304. The zero-order valence-electron chi connectivity index (χ0n) is 30.7. The summed E-state index contributed by atoms with van der Waals surface area (Å²) < 4.78 is 2.90. The zero-order chi connectivity index (χ0) is 36.9. The molecule has 0 bridgehead atoms. The minimum atomic E-state index is -0.749. The van der Waals surface area contributed by atoms with Crippen LogP contribution in [0.2, 0.25) is 0 Å². The van der Waals surface area contributed by atoms with Gasteiger partial charge in [-0.3, -0.25) is 23.9 Å². The Morgan fingerprint density at radius 3 is 2.16 bits per heavy atom. The van der Waals surface area contributed by atoms with Gasteiger partial charge in [-0.25, -0.2) is 4.98 Å². The number of carboxylic acid groups (broad SMARTS) is 1. The maximum Gasteiger partial charge on any atom is 0.303 e. The van der Waals surface area contributed by atoms with E-state index in [1.807, 2.05) is 26.2 Å². The average molecular weight is 730 g/mol. The summed E-state index contributed by atoms with van der Waals surface area (Å²) in [6.07, 6.45) is 15.9. The molecule has 0 spiro atoms. The maximum absolute atomic E-state index is 12.8. The van der Waals surface area contributed by atoms with E-state index in [0.29, 0.717) is 37.5 Å². The van der Waals surface area contributed by atoms with Gasteiger partial charge < -0.3 is 20.6 Å². The first kappa shape index (κ1) is 42.8. The van der Waals surface area contributed by atoms with Crippen molar-refractivity contribution < 1.29 is 24.3 Å². The number of thiazole rings is 1. The van der Waals surface area contributed by atoms with E-state index in [-0.39, 0.29) is 24.1 Å². The molecule has 1 saturated heterocycles. The molecule has 5 rings (SSSR count). The summed E-state index contributed by atoms with van der Waals surface area (Å²) in [5.74, 6) is -0.947. The quantitative estimate of drug-likeness (QED) is 0.0841. The van der Waals surface area contributed by atoms with Gasteiger partial charge in [0.05, 0.1) is 0 Å². The van der Waals surface area contributed by atoms with Crippen LogP contribution >= 0.6 is 23.3 Å². The van der Waals surface area contributed by atoms with E-state index in [1.54, 1.807) is 23.2 Å². The molecule has 3 fully saturated rings. The number of hydrogen-bond donors (Lipinski definition) is 4. The highest BCUT2D eigenvalue weighted by Crippen LogP contribution is 2.38. The van der Waals surface area contributed by atoms with Crippen molar-refractivity contribution in [3.8, 4) is 0 Å². The number of nitrogens with one attached hydrogen (secondary N) is 3. The molecule has 3 amide bonds. The second-order valence-electron chi connectivity index (χ2n) is 12.7. The molecular weight excluding hydrogens is 671 g/mol. The number of aromatic nitrogens is 1. The first-order chi connectivity index (χ1) is 24.0. The van der Waals surface area contributed by atoms with Gasteiger partial charge in [-0.15, -0.1) is 17.9 Å². The Morgan fingerprint density at radius 1 is 1.06 bits per heavy atom. The molecule has 1 aromatic carbocycles. The second-order valence-corrected chi connectivity index (χ2v) is 15.0. The van der Waals surface area contributed by atoms with E-state index < -0.39 is 17.6 Å². The smallest absolute Gasteiger partial charge is 0.303 e. The molecule has 2 aromatic rings. The molecule has 0 radical (unpaired) electrons. The van der Waals surface area contributed by atoms with Gasteiger partial charge in [0.2, 0.25) is 11.8 Å². The molecule has 1 aliphatic heterocycles. The van der Waals surface area contributed by atoms with Crippen molar-refractivity contribution in [2.45, 2.75) is 134 Å². The molecular formula is C38H59N5O5S2. The number of amides is 3. The Hall–Kier alpha value is -3.38. The van der Waals surface area contributed by atoms with E-state index >= 15 is 0 Å². The predicted octanol–water partition coefficient (Wildman–Crippen LogP) is 7.48. The Kier molecular flexibility index (Phi) is 19.8. The van der Waals surface area contributed by atoms with Gasteiger partial charge in [-0.05, 0) is 101 Å². The number of allylic oxidation sites excluding steroid dienone is 1. The number of aryl methyl sites for hydroxylation is 3. The van der Waals surface area contributed by atoms with Gasteiger partial charge in [-0.1, -0.05) is 57.5 Å². The molecule has 4 N–H and O–H groups in total. The summed E-state index contributed by atoms with van der Waals surface area (Å²) in [5, 5.41) is 15.2. The predicted molar refractivity (Wildman–Crippen MR) is 206 cm³/mol. The summed E-state index contributed by atoms with van der Waals surface area (Å²) in [4.78, 5) is 54.1. The van der Waals surface area contributed by atoms with Crippen LogP contribution in [0, 0.1) is 6.92 Å². The summed E-state index contributed by atoms with van der Waals surface area (Å²) >= 11 is 3.14. The van der Waals surface area contributed by atoms with Crippen molar-refractivity contribution in [3.63, 3.8) is 0 Å². The highest BCUT2D eigenvalue weighted by atomic mass is 32.2. The fourth-order valence-electron chi connectivity index (χ4n) is 5.21. The maximum atomic E-state index is 12.8. The highest BCUT2D eigenvalue weighted by molar-refractivity contribution is 7.98. The van der Waals surface area contributed by atoms with Crippen molar-refractivity contribution in [1.29, 1.82) is 0 Å². The van der Waals surface area contributed by atoms with Crippen LogP contribution in [0.15, 0.2) is 43.1 Å². The lowest BCUT2D eigenvalue weighted by Crippen LogP contribution is -2.54. The van der Waals surface area contributed by atoms with Crippen molar-refractivity contribution in [1.82, 2.24) is 19.9 Å². The van der Waals surface area contributed by atoms with Crippen LogP contribution in [0.3, 0.4) is 0 Å². The first-order valence-electron chi connectivity index (χ1n) is 18.1. The molecule has 2 aliphatic carbocycles. The molecule has 278 valence electrons. The topological polar surface area (TPSA) is 141 Å². The molecule has 10 nitrogen and oxygen atoms in total. The van der Waals surface area contributed by atoms with E-state index in [9.17, 15) is 19.2 Å². The monoisotopic (exact) mass is 729 g/mol. The number of carboxylic acids is 1. The minimum Gasteiger partial charge on any atom is -0.481 e. The van der Waals surface area contributed by atoms with Crippen LogP contribution in [0.5, 0.6) is 0 Å². The van der Waals surface area contributed by atoms with E-state index in [1.165, 1.54) is 28.0 Å². The minimum absolute atomic E-state index is 0.0600. The van der Waals surface area contributed by atoms with Crippen molar-refractivity contribution >= 4 is 52.1 Å².